The highest BCUT2D eigenvalue weighted by Crippen LogP contribution is 2.22. The molecule has 0 unspecified atom stereocenters. The Morgan fingerprint density at radius 1 is 1.54 bits per heavy atom. The quantitative estimate of drug-likeness (QED) is 0.719. The molecule has 0 saturated carbocycles. The summed E-state index contributed by atoms with van der Waals surface area (Å²) in [6, 6.07) is 3.38. The molecule has 0 radical (unpaired) electrons. The lowest BCUT2D eigenvalue weighted by atomic mass is 10.0. The number of carbonyl (C=O) groups is 1. The van der Waals surface area contributed by atoms with Crippen molar-refractivity contribution >= 4 is 6.29 Å². The highest BCUT2D eigenvalue weighted by atomic mass is 16.5. The second kappa shape index (κ2) is 4.05. The van der Waals surface area contributed by atoms with Crippen LogP contribution in [0.15, 0.2) is 12.1 Å². The standard InChI is InChI=1S/C10H12O3/c1-7-3-8(6-13-2)9(5-11)10(12)4-7/h3-5,12H,6H2,1-2H3. The number of ether oxygens (including phenoxy) is 1. The van der Waals surface area contributed by atoms with Gasteiger partial charge in [0.1, 0.15) is 5.75 Å². The van der Waals surface area contributed by atoms with Gasteiger partial charge < -0.3 is 9.84 Å². The summed E-state index contributed by atoms with van der Waals surface area (Å²) in [7, 11) is 1.55. The van der Waals surface area contributed by atoms with Crippen LogP contribution in [0.3, 0.4) is 0 Å². The molecule has 3 nitrogen and oxygen atoms in total. The third-order valence-corrected chi connectivity index (χ3v) is 1.81. The number of benzene rings is 1. The first-order valence-corrected chi connectivity index (χ1v) is 3.95. The molecule has 0 fully saturated rings. The van der Waals surface area contributed by atoms with E-state index in [0.717, 1.165) is 11.1 Å². The predicted molar refractivity (Wildman–Crippen MR) is 48.9 cm³/mol. The van der Waals surface area contributed by atoms with Gasteiger partial charge in [0.05, 0.1) is 12.2 Å². The summed E-state index contributed by atoms with van der Waals surface area (Å²) in [5, 5.41) is 9.41. The van der Waals surface area contributed by atoms with Gasteiger partial charge in [-0.25, -0.2) is 0 Å². The molecule has 0 saturated heterocycles. The number of aromatic hydroxyl groups is 1. The Morgan fingerprint density at radius 3 is 2.77 bits per heavy atom. The van der Waals surface area contributed by atoms with E-state index in [-0.39, 0.29) is 5.75 Å². The van der Waals surface area contributed by atoms with Gasteiger partial charge in [0.25, 0.3) is 0 Å². The van der Waals surface area contributed by atoms with Crippen LogP contribution in [0.4, 0.5) is 0 Å². The number of hydrogen-bond acceptors (Lipinski definition) is 3. The van der Waals surface area contributed by atoms with Crippen molar-refractivity contribution in [1.82, 2.24) is 0 Å². The van der Waals surface area contributed by atoms with Gasteiger partial charge in [-0.3, -0.25) is 4.79 Å². The summed E-state index contributed by atoms with van der Waals surface area (Å²) in [4.78, 5) is 10.6. The molecule has 70 valence electrons. The Hall–Kier alpha value is -1.35. The van der Waals surface area contributed by atoms with Crippen molar-refractivity contribution in [2.45, 2.75) is 13.5 Å². The zero-order chi connectivity index (χ0) is 9.84. The van der Waals surface area contributed by atoms with Crippen LogP contribution in [-0.2, 0) is 11.3 Å². The highest BCUT2D eigenvalue weighted by molar-refractivity contribution is 5.81. The summed E-state index contributed by atoms with van der Waals surface area (Å²) < 4.78 is 4.91. The number of aldehydes is 1. The zero-order valence-corrected chi connectivity index (χ0v) is 7.70. The first-order valence-electron chi connectivity index (χ1n) is 3.95. The monoisotopic (exact) mass is 180 g/mol. The fourth-order valence-electron chi connectivity index (χ4n) is 1.26. The van der Waals surface area contributed by atoms with Crippen LogP contribution in [-0.4, -0.2) is 18.5 Å². The Morgan fingerprint density at radius 2 is 2.23 bits per heavy atom. The molecule has 3 heteroatoms. The minimum absolute atomic E-state index is 0.0158. The molecule has 0 atom stereocenters. The Bertz CT molecular complexity index is 318. The number of phenols is 1. The van der Waals surface area contributed by atoms with Crippen LogP contribution in [0.1, 0.15) is 21.5 Å². The molecule has 0 amide bonds. The number of rotatable bonds is 3. The molecule has 0 aliphatic carbocycles. The maximum absolute atomic E-state index is 10.6. The van der Waals surface area contributed by atoms with E-state index < -0.39 is 0 Å². The van der Waals surface area contributed by atoms with Crippen LogP contribution in [0.2, 0.25) is 0 Å². The van der Waals surface area contributed by atoms with Crippen molar-refractivity contribution in [3.63, 3.8) is 0 Å². The van der Waals surface area contributed by atoms with Gasteiger partial charge in [0.15, 0.2) is 6.29 Å². The van der Waals surface area contributed by atoms with Gasteiger partial charge in [-0.05, 0) is 24.1 Å². The van der Waals surface area contributed by atoms with Crippen molar-refractivity contribution in [1.29, 1.82) is 0 Å². The van der Waals surface area contributed by atoms with Gasteiger partial charge in [0, 0.05) is 7.11 Å². The van der Waals surface area contributed by atoms with E-state index in [1.807, 2.05) is 13.0 Å². The lowest BCUT2D eigenvalue weighted by Crippen LogP contribution is -1.96. The van der Waals surface area contributed by atoms with Crippen molar-refractivity contribution in [3.05, 3.63) is 28.8 Å². The Labute approximate surface area is 77.0 Å². The minimum atomic E-state index is 0.0158. The molecule has 0 spiro atoms. The number of aryl methyl sites for hydroxylation is 1. The van der Waals surface area contributed by atoms with Crippen molar-refractivity contribution in [2.24, 2.45) is 0 Å². The molecule has 1 N–H and O–H groups in total. The highest BCUT2D eigenvalue weighted by Gasteiger charge is 2.07. The van der Waals surface area contributed by atoms with Crippen LogP contribution in [0, 0.1) is 6.92 Å². The normalized spacial score (nSPS) is 10.0. The number of phenolic OH excluding ortho intramolecular Hbond substituents is 1. The lowest BCUT2D eigenvalue weighted by molar-refractivity contribution is 0.111. The summed E-state index contributed by atoms with van der Waals surface area (Å²) in [6.45, 7) is 2.19. The third-order valence-electron chi connectivity index (χ3n) is 1.81. The SMILES string of the molecule is COCc1cc(C)cc(O)c1C=O. The van der Waals surface area contributed by atoms with Gasteiger partial charge in [-0.1, -0.05) is 6.07 Å². The van der Waals surface area contributed by atoms with Crippen molar-refractivity contribution in [3.8, 4) is 5.75 Å². The van der Waals surface area contributed by atoms with E-state index in [1.54, 1.807) is 13.2 Å². The molecule has 13 heavy (non-hydrogen) atoms. The number of hydrogen-bond donors (Lipinski definition) is 1. The molecular formula is C10H12O3. The number of carbonyl (C=O) groups excluding carboxylic acids is 1. The van der Waals surface area contributed by atoms with Gasteiger partial charge in [0.2, 0.25) is 0 Å². The fourth-order valence-corrected chi connectivity index (χ4v) is 1.26. The number of methoxy groups -OCH3 is 1. The average molecular weight is 180 g/mol. The molecule has 0 aliphatic heterocycles. The lowest BCUT2D eigenvalue weighted by Gasteiger charge is -2.06. The van der Waals surface area contributed by atoms with Crippen LogP contribution < -0.4 is 0 Å². The molecule has 0 aliphatic rings. The van der Waals surface area contributed by atoms with Gasteiger partial charge in [-0.2, -0.15) is 0 Å². The topological polar surface area (TPSA) is 46.5 Å². The molecule has 0 heterocycles. The minimum Gasteiger partial charge on any atom is -0.507 e. The van der Waals surface area contributed by atoms with Crippen LogP contribution >= 0.6 is 0 Å². The molecule has 0 bridgehead atoms. The van der Waals surface area contributed by atoms with Gasteiger partial charge in [-0.15, -0.1) is 0 Å². The second-order valence-corrected chi connectivity index (χ2v) is 2.91. The second-order valence-electron chi connectivity index (χ2n) is 2.91. The van der Waals surface area contributed by atoms with E-state index in [9.17, 15) is 9.90 Å². The van der Waals surface area contributed by atoms with Crippen molar-refractivity contribution in [2.75, 3.05) is 7.11 Å². The van der Waals surface area contributed by atoms with Crippen LogP contribution in [0.25, 0.3) is 0 Å². The van der Waals surface area contributed by atoms with Gasteiger partial charge >= 0.3 is 0 Å². The molecule has 0 aromatic heterocycles. The summed E-state index contributed by atoms with van der Waals surface area (Å²) in [6.07, 6.45) is 0.642. The van der Waals surface area contributed by atoms with Crippen molar-refractivity contribution < 1.29 is 14.6 Å². The van der Waals surface area contributed by atoms with Crippen LogP contribution in [0.5, 0.6) is 5.75 Å². The third kappa shape index (κ3) is 2.06. The van der Waals surface area contributed by atoms with E-state index in [4.69, 9.17) is 4.74 Å². The van der Waals surface area contributed by atoms with E-state index >= 15 is 0 Å². The summed E-state index contributed by atoms with van der Waals surface area (Å²) >= 11 is 0. The Kier molecular flexibility index (Phi) is 3.03. The fraction of sp³-hybridized carbons (Fsp3) is 0.300. The summed E-state index contributed by atoms with van der Waals surface area (Å²) in [5.41, 5.74) is 1.94. The molecule has 1 aromatic rings. The first kappa shape index (κ1) is 9.74. The Balaban J connectivity index is 3.20. The van der Waals surface area contributed by atoms with E-state index in [2.05, 4.69) is 0 Å². The average Bonchev–Trinajstić information content (AvgIpc) is 2.04. The predicted octanol–water partition coefficient (Wildman–Crippen LogP) is 1.66. The maximum atomic E-state index is 10.6. The molecule has 1 aromatic carbocycles. The van der Waals surface area contributed by atoms with E-state index in [0.29, 0.717) is 18.5 Å². The molecule has 1 rings (SSSR count). The zero-order valence-electron chi connectivity index (χ0n) is 7.70. The maximum Gasteiger partial charge on any atom is 0.154 e. The summed E-state index contributed by atoms with van der Waals surface area (Å²) in [5.74, 6) is 0.0158. The van der Waals surface area contributed by atoms with E-state index in [1.165, 1.54) is 0 Å². The largest absolute Gasteiger partial charge is 0.507 e. The smallest absolute Gasteiger partial charge is 0.154 e. The first-order chi connectivity index (χ1) is 6.19. The molecular weight excluding hydrogens is 168 g/mol.